The van der Waals surface area contributed by atoms with Crippen molar-refractivity contribution in [3.05, 3.63) is 66.4 Å². The van der Waals surface area contributed by atoms with Crippen LogP contribution in [0.5, 0.6) is 5.75 Å². The molecular formula is C24H26N4O2. The Morgan fingerprint density at radius 2 is 1.97 bits per heavy atom. The lowest BCUT2D eigenvalue weighted by Gasteiger charge is -2.33. The van der Waals surface area contributed by atoms with Gasteiger partial charge < -0.3 is 15.0 Å². The summed E-state index contributed by atoms with van der Waals surface area (Å²) in [5.74, 6) is 1.77. The number of nitrogens with zero attached hydrogens (tertiary/aromatic N) is 3. The Kier molecular flexibility index (Phi) is 5.93. The van der Waals surface area contributed by atoms with Crippen molar-refractivity contribution in [2.24, 2.45) is 0 Å². The highest BCUT2D eigenvalue weighted by Gasteiger charge is 2.27. The first-order valence-corrected chi connectivity index (χ1v) is 10.3. The monoisotopic (exact) mass is 402 g/mol. The van der Waals surface area contributed by atoms with E-state index in [1.54, 1.807) is 13.3 Å². The Bertz CT molecular complexity index is 1020. The summed E-state index contributed by atoms with van der Waals surface area (Å²) in [6.45, 7) is 2.87. The van der Waals surface area contributed by atoms with Gasteiger partial charge >= 0.3 is 0 Å². The van der Waals surface area contributed by atoms with Gasteiger partial charge in [-0.15, -0.1) is 0 Å². The summed E-state index contributed by atoms with van der Waals surface area (Å²) in [5, 5.41) is 3.31. The van der Waals surface area contributed by atoms with Crippen LogP contribution in [0.2, 0.25) is 0 Å². The topological polar surface area (TPSA) is 67.3 Å². The van der Waals surface area contributed by atoms with Crippen LogP contribution < -0.4 is 10.1 Å². The van der Waals surface area contributed by atoms with E-state index in [0.717, 1.165) is 42.8 Å². The van der Waals surface area contributed by atoms with Gasteiger partial charge in [-0.1, -0.05) is 36.4 Å². The van der Waals surface area contributed by atoms with Crippen molar-refractivity contribution in [2.75, 3.05) is 19.0 Å². The molecule has 1 aliphatic heterocycles. The SMILES string of the molecule is COc1cccc(Nc2nc(-c3ccccc3)ncc2C(=O)N2CCCCC2C)c1. The summed E-state index contributed by atoms with van der Waals surface area (Å²) in [6.07, 6.45) is 4.84. The Morgan fingerprint density at radius 3 is 2.73 bits per heavy atom. The largest absolute Gasteiger partial charge is 0.497 e. The minimum absolute atomic E-state index is 0.0350. The summed E-state index contributed by atoms with van der Waals surface area (Å²) in [4.78, 5) is 24.5. The van der Waals surface area contributed by atoms with Gasteiger partial charge in [0.25, 0.3) is 5.91 Å². The first kappa shape index (κ1) is 19.9. The first-order valence-electron chi connectivity index (χ1n) is 10.3. The molecule has 0 saturated carbocycles. The lowest BCUT2D eigenvalue weighted by Crippen LogP contribution is -2.42. The van der Waals surface area contributed by atoms with Crippen LogP contribution in [-0.2, 0) is 0 Å². The van der Waals surface area contributed by atoms with Crippen molar-refractivity contribution < 1.29 is 9.53 Å². The Morgan fingerprint density at radius 1 is 1.13 bits per heavy atom. The van der Waals surface area contributed by atoms with Crippen molar-refractivity contribution in [2.45, 2.75) is 32.2 Å². The van der Waals surface area contributed by atoms with Gasteiger partial charge in [0.2, 0.25) is 0 Å². The molecule has 0 aliphatic carbocycles. The number of anilines is 2. The maximum atomic E-state index is 13.4. The number of hydrogen-bond acceptors (Lipinski definition) is 5. The number of amides is 1. The lowest BCUT2D eigenvalue weighted by atomic mass is 10.0. The van der Waals surface area contributed by atoms with Gasteiger partial charge in [0.15, 0.2) is 5.82 Å². The summed E-state index contributed by atoms with van der Waals surface area (Å²) in [7, 11) is 1.63. The van der Waals surface area contributed by atoms with Crippen LogP contribution in [0.4, 0.5) is 11.5 Å². The Labute approximate surface area is 176 Å². The molecule has 1 aliphatic rings. The fraction of sp³-hybridized carbons (Fsp3) is 0.292. The van der Waals surface area contributed by atoms with Crippen LogP contribution in [0.3, 0.4) is 0 Å². The van der Waals surface area contributed by atoms with E-state index in [9.17, 15) is 4.79 Å². The molecule has 0 spiro atoms. The van der Waals surface area contributed by atoms with Gasteiger partial charge in [0.1, 0.15) is 17.1 Å². The lowest BCUT2D eigenvalue weighted by molar-refractivity contribution is 0.0636. The van der Waals surface area contributed by atoms with Gasteiger partial charge in [-0.3, -0.25) is 4.79 Å². The molecule has 0 bridgehead atoms. The summed E-state index contributed by atoms with van der Waals surface area (Å²) >= 11 is 0. The van der Waals surface area contributed by atoms with Crippen molar-refractivity contribution in [1.29, 1.82) is 0 Å². The minimum Gasteiger partial charge on any atom is -0.497 e. The molecule has 154 valence electrons. The Balaban J connectivity index is 1.73. The van der Waals surface area contributed by atoms with E-state index in [4.69, 9.17) is 9.72 Å². The standard InChI is InChI=1S/C24H26N4O2/c1-17-9-6-7-14-28(17)24(29)21-16-25-22(18-10-4-3-5-11-18)27-23(21)26-19-12-8-13-20(15-19)30-2/h3-5,8,10-13,15-17H,6-7,9,14H2,1-2H3,(H,25,26,27). The normalized spacial score (nSPS) is 16.2. The Hall–Kier alpha value is -3.41. The second-order valence-corrected chi connectivity index (χ2v) is 7.52. The van der Waals surface area contributed by atoms with Crippen LogP contribution >= 0.6 is 0 Å². The molecule has 30 heavy (non-hydrogen) atoms. The third-order valence-electron chi connectivity index (χ3n) is 5.45. The number of piperidine rings is 1. The summed E-state index contributed by atoms with van der Waals surface area (Å²) in [5.41, 5.74) is 2.18. The van der Waals surface area contributed by atoms with Gasteiger partial charge in [-0.05, 0) is 38.3 Å². The molecule has 1 amide bonds. The number of rotatable bonds is 5. The van der Waals surface area contributed by atoms with Crippen molar-refractivity contribution in [3.63, 3.8) is 0 Å². The molecular weight excluding hydrogens is 376 g/mol. The molecule has 2 heterocycles. The van der Waals surface area contributed by atoms with E-state index in [2.05, 4.69) is 17.2 Å². The van der Waals surface area contributed by atoms with Crippen molar-refractivity contribution >= 4 is 17.4 Å². The fourth-order valence-electron chi connectivity index (χ4n) is 3.75. The number of carbonyl (C=O) groups excluding carboxylic acids is 1. The maximum Gasteiger partial charge on any atom is 0.259 e. The highest BCUT2D eigenvalue weighted by atomic mass is 16.5. The highest BCUT2D eigenvalue weighted by molar-refractivity contribution is 5.99. The average molecular weight is 402 g/mol. The molecule has 1 aromatic heterocycles. The smallest absolute Gasteiger partial charge is 0.259 e. The van der Waals surface area contributed by atoms with Crippen LogP contribution in [0.25, 0.3) is 11.4 Å². The van der Waals surface area contributed by atoms with Gasteiger partial charge in [0, 0.05) is 36.1 Å². The van der Waals surface area contributed by atoms with Crippen LogP contribution in [-0.4, -0.2) is 40.5 Å². The molecule has 6 heteroatoms. The molecule has 1 fully saturated rings. The van der Waals surface area contributed by atoms with E-state index in [0.29, 0.717) is 17.2 Å². The predicted molar refractivity (Wildman–Crippen MR) is 118 cm³/mol. The number of ether oxygens (including phenoxy) is 1. The second kappa shape index (κ2) is 8.95. The van der Waals surface area contributed by atoms with Crippen LogP contribution in [0, 0.1) is 0 Å². The van der Waals surface area contributed by atoms with Gasteiger partial charge in [-0.25, -0.2) is 9.97 Å². The van der Waals surface area contributed by atoms with E-state index in [1.807, 2.05) is 59.5 Å². The highest BCUT2D eigenvalue weighted by Crippen LogP contribution is 2.27. The maximum absolute atomic E-state index is 13.4. The molecule has 3 aromatic rings. The molecule has 4 rings (SSSR count). The van der Waals surface area contributed by atoms with Crippen LogP contribution in [0.15, 0.2) is 60.8 Å². The van der Waals surface area contributed by atoms with E-state index < -0.39 is 0 Å². The summed E-state index contributed by atoms with van der Waals surface area (Å²) in [6, 6.07) is 17.5. The third kappa shape index (κ3) is 4.27. The number of benzene rings is 2. The number of aromatic nitrogens is 2. The van der Waals surface area contributed by atoms with E-state index in [-0.39, 0.29) is 11.9 Å². The fourth-order valence-corrected chi connectivity index (χ4v) is 3.75. The predicted octanol–water partition coefficient (Wildman–Crippen LogP) is 4.91. The molecule has 1 unspecified atom stereocenters. The molecule has 1 atom stereocenters. The zero-order chi connectivity index (χ0) is 20.9. The molecule has 1 N–H and O–H groups in total. The van der Waals surface area contributed by atoms with Gasteiger partial charge in [-0.2, -0.15) is 0 Å². The molecule has 0 radical (unpaired) electrons. The zero-order valence-electron chi connectivity index (χ0n) is 17.3. The number of carbonyl (C=O) groups is 1. The van der Waals surface area contributed by atoms with E-state index in [1.165, 1.54) is 0 Å². The minimum atomic E-state index is -0.0350. The first-order chi connectivity index (χ1) is 14.7. The van der Waals surface area contributed by atoms with Gasteiger partial charge in [0.05, 0.1) is 7.11 Å². The van der Waals surface area contributed by atoms with E-state index >= 15 is 0 Å². The zero-order valence-corrected chi connectivity index (χ0v) is 17.3. The van der Waals surface area contributed by atoms with Crippen molar-refractivity contribution in [1.82, 2.24) is 14.9 Å². The van der Waals surface area contributed by atoms with Crippen molar-refractivity contribution in [3.8, 4) is 17.1 Å². The quantitative estimate of drug-likeness (QED) is 0.657. The molecule has 1 saturated heterocycles. The number of likely N-dealkylation sites (tertiary alicyclic amines) is 1. The van der Waals surface area contributed by atoms with Crippen LogP contribution in [0.1, 0.15) is 36.5 Å². The number of nitrogens with one attached hydrogen (secondary N) is 1. The third-order valence-corrected chi connectivity index (χ3v) is 5.45. The number of hydrogen-bond donors (Lipinski definition) is 1. The molecule has 2 aromatic carbocycles. The average Bonchev–Trinajstić information content (AvgIpc) is 2.79. The second-order valence-electron chi connectivity index (χ2n) is 7.52. The number of methoxy groups -OCH3 is 1. The summed E-state index contributed by atoms with van der Waals surface area (Å²) < 4.78 is 5.32. The molecule has 6 nitrogen and oxygen atoms in total.